The van der Waals surface area contributed by atoms with Gasteiger partial charge in [0.15, 0.2) is 0 Å². The molecule has 2 aliphatic heterocycles. The summed E-state index contributed by atoms with van der Waals surface area (Å²) in [6.45, 7) is 4.11. The van der Waals surface area contributed by atoms with E-state index < -0.39 is 0 Å². The average molecular weight is 331 g/mol. The van der Waals surface area contributed by atoms with Crippen molar-refractivity contribution in [3.63, 3.8) is 0 Å². The molecule has 4 nitrogen and oxygen atoms in total. The molecule has 2 fully saturated rings. The molecule has 2 heterocycles. The van der Waals surface area contributed by atoms with E-state index in [1.54, 1.807) is 7.11 Å². The maximum absolute atomic E-state index is 12.9. The number of carbonyl (C=O) groups excluding carboxylic acids is 1. The Balaban J connectivity index is 1.65. The van der Waals surface area contributed by atoms with E-state index in [1.807, 2.05) is 17.0 Å². The van der Waals surface area contributed by atoms with Crippen molar-refractivity contribution in [1.29, 1.82) is 0 Å². The molecule has 0 saturated carbocycles. The fourth-order valence-corrected chi connectivity index (χ4v) is 3.90. The third-order valence-corrected chi connectivity index (χ3v) is 5.31. The van der Waals surface area contributed by atoms with Crippen LogP contribution in [0.5, 0.6) is 0 Å². The van der Waals surface area contributed by atoms with Crippen LogP contribution < -0.4 is 0 Å². The Bertz CT molecular complexity index is 522. The summed E-state index contributed by atoms with van der Waals surface area (Å²) in [6.07, 6.45) is 5.59. The molecular formula is C20H29NO3. The minimum atomic E-state index is 0.163. The second-order valence-corrected chi connectivity index (χ2v) is 7.08. The summed E-state index contributed by atoms with van der Waals surface area (Å²) in [4.78, 5) is 14.9. The molecule has 24 heavy (non-hydrogen) atoms. The number of carbonyl (C=O) groups is 1. The van der Waals surface area contributed by atoms with Crippen molar-refractivity contribution in [2.24, 2.45) is 5.92 Å². The minimum absolute atomic E-state index is 0.163. The van der Waals surface area contributed by atoms with Gasteiger partial charge >= 0.3 is 0 Å². The van der Waals surface area contributed by atoms with E-state index in [-0.39, 0.29) is 5.91 Å². The minimum Gasteiger partial charge on any atom is -0.384 e. The molecular weight excluding hydrogens is 302 g/mol. The number of methoxy groups -OCH3 is 1. The molecule has 1 unspecified atom stereocenters. The van der Waals surface area contributed by atoms with E-state index >= 15 is 0 Å². The highest BCUT2D eigenvalue weighted by Gasteiger charge is 2.23. The van der Waals surface area contributed by atoms with Gasteiger partial charge in [-0.2, -0.15) is 0 Å². The Hall–Kier alpha value is -1.39. The van der Waals surface area contributed by atoms with Gasteiger partial charge in [0.1, 0.15) is 0 Å². The van der Waals surface area contributed by atoms with Crippen molar-refractivity contribution in [1.82, 2.24) is 4.90 Å². The molecule has 3 rings (SSSR count). The number of ether oxygens (including phenoxy) is 2. The highest BCUT2D eigenvalue weighted by atomic mass is 16.5. The van der Waals surface area contributed by atoms with Gasteiger partial charge in [-0.05, 0) is 55.2 Å². The van der Waals surface area contributed by atoms with Crippen LogP contribution in [0.1, 0.15) is 53.9 Å². The second kappa shape index (κ2) is 8.63. The zero-order valence-corrected chi connectivity index (χ0v) is 14.7. The van der Waals surface area contributed by atoms with Crippen molar-refractivity contribution in [2.75, 3.05) is 40.0 Å². The Labute approximate surface area is 145 Å². The Kier molecular flexibility index (Phi) is 6.27. The summed E-state index contributed by atoms with van der Waals surface area (Å²) >= 11 is 0. The van der Waals surface area contributed by atoms with Gasteiger partial charge < -0.3 is 14.4 Å². The van der Waals surface area contributed by atoms with Crippen molar-refractivity contribution in [2.45, 2.75) is 38.0 Å². The fraction of sp³-hybridized carbons (Fsp3) is 0.650. The number of nitrogens with zero attached hydrogens (tertiary/aromatic N) is 1. The van der Waals surface area contributed by atoms with E-state index in [0.717, 1.165) is 64.2 Å². The first-order chi connectivity index (χ1) is 11.8. The molecule has 0 aliphatic carbocycles. The first-order valence-electron chi connectivity index (χ1n) is 9.24. The Morgan fingerprint density at radius 3 is 2.62 bits per heavy atom. The van der Waals surface area contributed by atoms with Crippen molar-refractivity contribution < 1.29 is 14.3 Å². The molecule has 0 N–H and O–H groups in total. The lowest BCUT2D eigenvalue weighted by Gasteiger charge is -2.25. The van der Waals surface area contributed by atoms with Crippen LogP contribution in [0.3, 0.4) is 0 Å². The van der Waals surface area contributed by atoms with E-state index in [9.17, 15) is 4.79 Å². The standard InChI is InChI=1S/C20H29NO3/c1-23-15-16-4-2-3-11-21(14-16)20(22)19-7-5-17(6-8-19)18-9-12-24-13-10-18/h5-8,16,18H,2-4,9-15H2,1H3. The molecule has 1 amide bonds. The predicted molar refractivity (Wildman–Crippen MR) is 94.4 cm³/mol. The maximum Gasteiger partial charge on any atom is 0.253 e. The Morgan fingerprint density at radius 2 is 1.92 bits per heavy atom. The summed E-state index contributed by atoms with van der Waals surface area (Å²) in [6, 6.07) is 8.27. The second-order valence-electron chi connectivity index (χ2n) is 7.08. The van der Waals surface area contributed by atoms with Crippen molar-refractivity contribution >= 4 is 5.91 Å². The largest absolute Gasteiger partial charge is 0.384 e. The number of likely N-dealkylation sites (tertiary alicyclic amines) is 1. The van der Waals surface area contributed by atoms with Crippen LogP contribution in [0.25, 0.3) is 0 Å². The molecule has 0 aromatic heterocycles. The van der Waals surface area contributed by atoms with Gasteiger partial charge in [0.2, 0.25) is 0 Å². The van der Waals surface area contributed by atoms with Crippen LogP contribution in [0, 0.1) is 5.92 Å². The number of hydrogen-bond donors (Lipinski definition) is 0. The molecule has 1 aromatic rings. The van der Waals surface area contributed by atoms with Gasteiger partial charge in [-0.3, -0.25) is 4.79 Å². The van der Waals surface area contributed by atoms with Crippen LogP contribution in [0.2, 0.25) is 0 Å². The van der Waals surface area contributed by atoms with Crippen LogP contribution in [-0.2, 0) is 9.47 Å². The smallest absolute Gasteiger partial charge is 0.253 e. The molecule has 2 aliphatic rings. The third kappa shape index (κ3) is 4.37. The lowest BCUT2D eigenvalue weighted by atomic mass is 9.91. The average Bonchev–Trinajstić information content (AvgIpc) is 2.88. The summed E-state index contributed by atoms with van der Waals surface area (Å²) < 4.78 is 10.7. The first-order valence-corrected chi connectivity index (χ1v) is 9.24. The molecule has 2 saturated heterocycles. The van der Waals surface area contributed by atoms with E-state index in [1.165, 1.54) is 12.0 Å². The summed E-state index contributed by atoms with van der Waals surface area (Å²) in [7, 11) is 1.74. The number of rotatable bonds is 4. The van der Waals surface area contributed by atoms with Gasteiger partial charge in [0, 0.05) is 39.0 Å². The van der Waals surface area contributed by atoms with E-state index in [4.69, 9.17) is 9.47 Å². The van der Waals surface area contributed by atoms with E-state index in [2.05, 4.69) is 12.1 Å². The molecule has 0 spiro atoms. The zero-order valence-electron chi connectivity index (χ0n) is 14.7. The molecule has 4 heteroatoms. The molecule has 132 valence electrons. The first kappa shape index (κ1) is 17.4. The van der Waals surface area contributed by atoms with Crippen LogP contribution in [0.4, 0.5) is 0 Å². The van der Waals surface area contributed by atoms with Gasteiger partial charge in [-0.1, -0.05) is 18.6 Å². The molecule has 0 bridgehead atoms. The SMILES string of the molecule is COCC1CCCCN(C(=O)c2ccc(C3CCOCC3)cc2)C1. The fourth-order valence-electron chi connectivity index (χ4n) is 3.90. The van der Waals surface area contributed by atoms with Gasteiger partial charge in [0.25, 0.3) is 5.91 Å². The topological polar surface area (TPSA) is 38.8 Å². The zero-order chi connectivity index (χ0) is 16.8. The third-order valence-electron chi connectivity index (χ3n) is 5.31. The quantitative estimate of drug-likeness (QED) is 0.848. The highest BCUT2D eigenvalue weighted by Crippen LogP contribution is 2.27. The lowest BCUT2D eigenvalue weighted by Crippen LogP contribution is -2.35. The van der Waals surface area contributed by atoms with Crippen LogP contribution in [0.15, 0.2) is 24.3 Å². The predicted octanol–water partition coefficient (Wildman–Crippen LogP) is 3.47. The Morgan fingerprint density at radius 1 is 1.17 bits per heavy atom. The van der Waals surface area contributed by atoms with Crippen molar-refractivity contribution in [3.05, 3.63) is 35.4 Å². The number of amides is 1. The van der Waals surface area contributed by atoms with Crippen LogP contribution in [-0.4, -0.2) is 50.8 Å². The lowest BCUT2D eigenvalue weighted by molar-refractivity contribution is 0.0696. The number of hydrogen-bond acceptors (Lipinski definition) is 3. The van der Waals surface area contributed by atoms with Gasteiger partial charge in [-0.15, -0.1) is 0 Å². The normalized spacial score (nSPS) is 23.0. The monoisotopic (exact) mass is 331 g/mol. The van der Waals surface area contributed by atoms with Crippen LogP contribution >= 0.6 is 0 Å². The molecule has 1 atom stereocenters. The summed E-state index contributed by atoms with van der Waals surface area (Å²) in [5.74, 6) is 1.20. The maximum atomic E-state index is 12.9. The highest BCUT2D eigenvalue weighted by molar-refractivity contribution is 5.94. The van der Waals surface area contributed by atoms with Crippen molar-refractivity contribution in [3.8, 4) is 0 Å². The van der Waals surface area contributed by atoms with Gasteiger partial charge in [-0.25, -0.2) is 0 Å². The van der Waals surface area contributed by atoms with Gasteiger partial charge in [0.05, 0.1) is 6.61 Å². The summed E-state index contributed by atoms with van der Waals surface area (Å²) in [5.41, 5.74) is 2.15. The summed E-state index contributed by atoms with van der Waals surface area (Å²) in [5, 5.41) is 0. The number of benzene rings is 1. The molecule has 0 radical (unpaired) electrons. The molecule has 1 aromatic carbocycles. The van der Waals surface area contributed by atoms with E-state index in [0.29, 0.717) is 11.8 Å².